The largest absolute Gasteiger partial charge is 0.481 e. The van der Waals surface area contributed by atoms with Gasteiger partial charge in [0.1, 0.15) is 5.75 Å². The lowest BCUT2D eigenvalue weighted by atomic mass is 10.00. The number of rotatable bonds is 7. The molecule has 0 bridgehead atoms. The van der Waals surface area contributed by atoms with Gasteiger partial charge < -0.3 is 10.1 Å². The Morgan fingerprint density at radius 3 is 2.64 bits per heavy atom. The Kier molecular flexibility index (Phi) is 6.07. The van der Waals surface area contributed by atoms with Gasteiger partial charge in [-0.05, 0) is 43.0 Å². The molecule has 1 atom stereocenters. The van der Waals surface area contributed by atoms with E-state index in [2.05, 4.69) is 34.5 Å². The van der Waals surface area contributed by atoms with Crippen molar-refractivity contribution in [3.05, 3.63) is 65.7 Å². The summed E-state index contributed by atoms with van der Waals surface area (Å²) in [5.74, 6) is 0.657. The molecule has 1 N–H and O–H groups in total. The lowest BCUT2D eigenvalue weighted by molar-refractivity contribution is -0.127. The third-order valence-corrected chi connectivity index (χ3v) is 4.59. The van der Waals surface area contributed by atoms with Gasteiger partial charge in [0.25, 0.3) is 5.91 Å². The summed E-state index contributed by atoms with van der Waals surface area (Å²) in [6.45, 7) is 5.57. The number of fused-ring (bicyclic) bond motifs is 1. The van der Waals surface area contributed by atoms with Crippen molar-refractivity contribution in [2.45, 2.75) is 32.4 Å². The highest BCUT2D eigenvalue weighted by molar-refractivity contribution is 5.80. The Bertz CT molecular complexity index is 687. The summed E-state index contributed by atoms with van der Waals surface area (Å²) in [5.41, 5.74) is 2.90. The topological polar surface area (TPSA) is 41.6 Å². The first kappa shape index (κ1) is 17.5. The first-order chi connectivity index (χ1) is 12.2. The molecule has 0 saturated carbocycles. The van der Waals surface area contributed by atoms with E-state index >= 15 is 0 Å². The number of hydrogen-bond acceptors (Lipinski definition) is 3. The van der Waals surface area contributed by atoms with Crippen LogP contribution in [-0.4, -0.2) is 36.5 Å². The minimum Gasteiger partial charge on any atom is -0.481 e. The quantitative estimate of drug-likeness (QED) is 0.789. The molecule has 0 saturated heterocycles. The van der Waals surface area contributed by atoms with Gasteiger partial charge in [-0.1, -0.05) is 42.5 Å². The molecule has 0 aliphatic carbocycles. The van der Waals surface area contributed by atoms with Gasteiger partial charge in [0.2, 0.25) is 0 Å². The summed E-state index contributed by atoms with van der Waals surface area (Å²) in [6.07, 6.45) is 1.58. The van der Waals surface area contributed by atoms with Crippen LogP contribution in [-0.2, 0) is 17.8 Å². The highest BCUT2D eigenvalue weighted by atomic mass is 16.5. The van der Waals surface area contributed by atoms with E-state index in [0.29, 0.717) is 6.54 Å². The fourth-order valence-corrected chi connectivity index (χ4v) is 3.16. The number of benzene rings is 2. The lowest BCUT2D eigenvalue weighted by Crippen LogP contribution is -2.38. The Morgan fingerprint density at radius 1 is 1.12 bits per heavy atom. The van der Waals surface area contributed by atoms with Crippen LogP contribution >= 0.6 is 0 Å². The third-order valence-electron chi connectivity index (χ3n) is 4.59. The smallest absolute Gasteiger partial charge is 0.260 e. The maximum absolute atomic E-state index is 12.1. The minimum absolute atomic E-state index is 0.0622. The van der Waals surface area contributed by atoms with Crippen molar-refractivity contribution in [1.29, 1.82) is 0 Å². The predicted octanol–water partition coefficient (Wildman–Crippen LogP) is 3.02. The average Bonchev–Trinajstić information content (AvgIpc) is 2.65. The van der Waals surface area contributed by atoms with Gasteiger partial charge in [-0.3, -0.25) is 9.69 Å². The monoisotopic (exact) mass is 338 g/mol. The number of para-hydroxylation sites is 1. The van der Waals surface area contributed by atoms with E-state index in [4.69, 9.17) is 4.74 Å². The Labute approximate surface area is 149 Å². The van der Waals surface area contributed by atoms with Gasteiger partial charge in [0.05, 0.1) is 0 Å². The molecule has 25 heavy (non-hydrogen) atoms. The van der Waals surface area contributed by atoms with Crippen LogP contribution in [0, 0.1) is 0 Å². The van der Waals surface area contributed by atoms with Gasteiger partial charge in [-0.25, -0.2) is 0 Å². The summed E-state index contributed by atoms with van der Waals surface area (Å²) in [7, 11) is 0. The molecule has 1 aliphatic heterocycles. The van der Waals surface area contributed by atoms with E-state index in [-0.39, 0.29) is 5.91 Å². The van der Waals surface area contributed by atoms with Crippen LogP contribution in [0.25, 0.3) is 0 Å². The number of nitrogens with one attached hydrogen (secondary N) is 1. The number of carbonyl (C=O) groups excluding carboxylic acids is 1. The molecule has 0 radical (unpaired) electrons. The van der Waals surface area contributed by atoms with Crippen molar-refractivity contribution in [2.75, 3.05) is 19.6 Å². The molecule has 1 aliphatic rings. The zero-order chi connectivity index (χ0) is 17.5. The lowest BCUT2D eigenvalue weighted by Gasteiger charge is -2.28. The standard InChI is InChI=1S/C21H26N2O2/c1-17(25-20-10-3-2-4-11-20)21(24)22-13-7-14-23-15-12-18-8-5-6-9-19(18)16-23/h2-6,8-11,17H,7,12-16H2,1H3,(H,22,24). The van der Waals surface area contributed by atoms with Crippen molar-refractivity contribution >= 4 is 5.91 Å². The van der Waals surface area contributed by atoms with Gasteiger partial charge in [-0.15, -0.1) is 0 Å². The van der Waals surface area contributed by atoms with Crippen LogP contribution in [0.3, 0.4) is 0 Å². The van der Waals surface area contributed by atoms with Gasteiger partial charge in [0.15, 0.2) is 6.10 Å². The summed E-state index contributed by atoms with van der Waals surface area (Å²) in [5, 5.41) is 2.97. The second-order valence-corrected chi connectivity index (χ2v) is 6.51. The van der Waals surface area contributed by atoms with Gasteiger partial charge >= 0.3 is 0 Å². The molecule has 1 amide bonds. The van der Waals surface area contributed by atoms with Crippen LogP contribution in [0.5, 0.6) is 5.75 Å². The highest BCUT2D eigenvalue weighted by Crippen LogP contribution is 2.18. The van der Waals surface area contributed by atoms with Crippen molar-refractivity contribution in [1.82, 2.24) is 10.2 Å². The molecular weight excluding hydrogens is 312 g/mol. The van der Waals surface area contributed by atoms with Crippen molar-refractivity contribution in [2.24, 2.45) is 0 Å². The molecule has 1 unspecified atom stereocenters. The second kappa shape index (κ2) is 8.67. The Balaban J connectivity index is 1.35. The fraction of sp³-hybridized carbons (Fsp3) is 0.381. The van der Waals surface area contributed by atoms with E-state index in [1.165, 1.54) is 11.1 Å². The fourth-order valence-electron chi connectivity index (χ4n) is 3.16. The number of amides is 1. The molecular formula is C21H26N2O2. The van der Waals surface area contributed by atoms with Crippen molar-refractivity contribution in [3.63, 3.8) is 0 Å². The van der Waals surface area contributed by atoms with Crippen LogP contribution < -0.4 is 10.1 Å². The minimum atomic E-state index is -0.482. The SMILES string of the molecule is CC(Oc1ccccc1)C(=O)NCCCN1CCc2ccccc2C1. The van der Waals surface area contributed by atoms with E-state index in [1.807, 2.05) is 30.3 Å². The van der Waals surface area contributed by atoms with Crippen molar-refractivity contribution < 1.29 is 9.53 Å². The van der Waals surface area contributed by atoms with E-state index in [0.717, 1.165) is 38.2 Å². The first-order valence-corrected chi connectivity index (χ1v) is 9.01. The normalized spacial score (nSPS) is 15.2. The summed E-state index contributed by atoms with van der Waals surface area (Å²) in [4.78, 5) is 14.6. The van der Waals surface area contributed by atoms with E-state index in [1.54, 1.807) is 6.92 Å². The molecule has 1 heterocycles. The Hall–Kier alpha value is -2.33. The van der Waals surface area contributed by atoms with Gasteiger partial charge in [0, 0.05) is 26.2 Å². The average molecular weight is 338 g/mol. The molecule has 0 spiro atoms. The molecule has 2 aromatic carbocycles. The van der Waals surface area contributed by atoms with E-state index in [9.17, 15) is 4.79 Å². The molecule has 4 heteroatoms. The summed E-state index contributed by atoms with van der Waals surface area (Å²) in [6, 6.07) is 18.1. The highest BCUT2D eigenvalue weighted by Gasteiger charge is 2.16. The molecule has 0 fully saturated rings. The summed E-state index contributed by atoms with van der Waals surface area (Å²) >= 11 is 0. The van der Waals surface area contributed by atoms with Crippen LogP contribution in [0.2, 0.25) is 0 Å². The maximum Gasteiger partial charge on any atom is 0.260 e. The zero-order valence-corrected chi connectivity index (χ0v) is 14.8. The van der Waals surface area contributed by atoms with Crippen LogP contribution in [0.15, 0.2) is 54.6 Å². The number of carbonyl (C=O) groups is 1. The van der Waals surface area contributed by atoms with E-state index < -0.39 is 6.10 Å². The number of ether oxygens (including phenoxy) is 1. The first-order valence-electron chi connectivity index (χ1n) is 9.01. The molecule has 2 aromatic rings. The van der Waals surface area contributed by atoms with Crippen molar-refractivity contribution in [3.8, 4) is 5.75 Å². The number of hydrogen-bond donors (Lipinski definition) is 1. The molecule has 132 valence electrons. The third kappa shape index (κ3) is 5.07. The van der Waals surface area contributed by atoms with Gasteiger partial charge in [-0.2, -0.15) is 0 Å². The molecule has 3 rings (SSSR count). The zero-order valence-electron chi connectivity index (χ0n) is 14.8. The molecule has 4 nitrogen and oxygen atoms in total. The summed E-state index contributed by atoms with van der Waals surface area (Å²) < 4.78 is 5.64. The predicted molar refractivity (Wildman–Crippen MR) is 99.6 cm³/mol. The molecule has 0 aromatic heterocycles. The van der Waals surface area contributed by atoms with Crippen LogP contribution in [0.4, 0.5) is 0 Å². The maximum atomic E-state index is 12.1. The van der Waals surface area contributed by atoms with Crippen LogP contribution in [0.1, 0.15) is 24.5 Å². The number of nitrogens with zero attached hydrogens (tertiary/aromatic N) is 1. The Morgan fingerprint density at radius 2 is 1.84 bits per heavy atom. The second-order valence-electron chi connectivity index (χ2n) is 6.51.